The van der Waals surface area contributed by atoms with Crippen LogP contribution in [0, 0.1) is 0 Å². The number of amidine groups is 1. The van der Waals surface area contributed by atoms with E-state index in [1.165, 1.54) is 26.0 Å². The number of aliphatic hydroxyl groups is 1. The summed E-state index contributed by atoms with van der Waals surface area (Å²) in [5.41, 5.74) is 0.682. The number of benzene rings is 1. The molecule has 1 saturated heterocycles. The topological polar surface area (TPSA) is 94.8 Å². The fraction of sp³-hybridized carbons (Fsp3) is 0.444. The van der Waals surface area contributed by atoms with Gasteiger partial charge < -0.3 is 24.6 Å². The molecule has 3 rings (SSSR count). The van der Waals surface area contributed by atoms with E-state index >= 15 is 0 Å². The standard InChI is InChI=1S/C18H23N3O5S/c1-25-13-9-12(10-14(26-2)16(13)23)11-15-17(24)19-18(27-15)21-5-3-20(4-6-21)7-8-22/h9-11,22-23H,3-8H2,1-2H3/b15-11+. The molecule has 0 aliphatic carbocycles. The van der Waals surface area contributed by atoms with Gasteiger partial charge >= 0.3 is 0 Å². The summed E-state index contributed by atoms with van der Waals surface area (Å²) >= 11 is 1.34. The summed E-state index contributed by atoms with van der Waals surface area (Å²) in [5.74, 6) is 0.194. The predicted molar refractivity (Wildman–Crippen MR) is 104 cm³/mol. The molecule has 0 aromatic heterocycles. The van der Waals surface area contributed by atoms with E-state index in [1.807, 2.05) is 0 Å². The summed E-state index contributed by atoms with van der Waals surface area (Å²) in [6.45, 7) is 4.03. The zero-order chi connectivity index (χ0) is 19.4. The molecule has 0 radical (unpaired) electrons. The van der Waals surface area contributed by atoms with Gasteiger partial charge in [-0.1, -0.05) is 0 Å². The van der Waals surface area contributed by atoms with Gasteiger partial charge in [-0.05, 0) is 35.5 Å². The zero-order valence-corrected chi connectivity index (χ0v) is 16.2. The number of β-amino-alcohol motifs (C(OH)–C–C–N with tert-alkyl or cyclic N) is 1. The minimum absolute atomic E-state index is 0.0785. The van der Waals surface area contributed by atoms with Gasteiger partial charge in [-0.25, -0.2) is 0 Å². The Morgan fingerprint density at radius 1 is 1.19 bits per heavy atom. The largest absolute Gasteiger partial charge is 0.502 e. The molecule has 146 valence electrons. The van der Waals surface area contributed by atoms with Crippen LogP contribution in [0.3, 0.4) is 0 Å². The number of hydrogen-bond acceptors (Lipinski definition) is 8. The van der Waals surface area contributed by atoms with E-state index in [0.717, 1.165) is 26.2 Å². The third-order valence-corrected chi connectivity index (χ3v) is 5.51. The molecule has 2 aliphatic rings. The van der Waals surface area contributed by atoms with Crippen molar-refractivity contribution >= 4 is 28.9 Å². The number of methoxy groups -OCH3 is 2. The van der Waals surface area contributed by atoms with Crippen LogP contribution in [-0.2, 0) is 4.79 Å². The van der Waals surface area contributed by atoms with Gasteiger partial charge in [-0.15, -0.1) is 0 Å². The minimum Gasteiger partial charge on any atom is -0.502 e. The molecular weight excluding hydrogens is 370 g/mol. The number of aromatic hydroxyl groups is 1. The number of phenolic OH excluding ortho intramolecular Hbond substituents is 1. The van der Waals surface area contributed by atoms with Crippen molar-refractivity contribution < 1.29 is 24.5 Å². The molecule has 9 heteroatoms. The Morgan fingerprint density at radius 2 is 1.81 bits per heavy atom. The Morgan fingerprint density at radius 3 is 2.37 bits per heavy atom. The number of carbonyl (C=O) groups is 1. The normalized spacial score (nSPS) is 19.5. The summed E-state index contributed by atoms with van der Waals surface area (Å²) in [5, 5.41) is 19.7. The summed E-state index contributed by atoms with van der Waals surface area (Å²) < 4.78 is 10.3. The third-order valence-electron chi connectivity index (χ3n) is 4.47. The van der Waals surface area contributed by atoms with Gasteiger partial charge in [0, 0.05) is 32.7 Å². The first kappa shape index (κ1) is 19.5. The second-order valence-corrected chi connectivity index (χ2v) is 7.15. The molecule has 0 atom stereocenters. The van der Waals surface area contributed by atoms with Crippen molar-refractivity contribution in [2.75, 3.05) is 53.6 Å². The molecule has 27 heavy (non-hydrogen) atoms. The average Bonchev–Trinajstić information content (AvgIpc) is 3.04. The van der Waals surface area contributed by atoms with Gasteiger partial charge in [0.2, 0.25) is 5.75 Å². The van der Waals surface area contributed by atoms with Gasteiger partial charge in [-0.3, -0.25) is 9.69 Å². The van der Waals surface area contributed by atoms with Gasteiger partial charge in [0.15, 0.2) is 16.7 Å². The van der Waals surface area contributed by atoms with Crippen LogP contribution in [0.15, 0.2) is 22.0 Å². The van der Waals surface area contributed by atoms with Crippen LogP contribution < -0.4 is 9.47 Å². The molecule has 2 aliphatic heterocycles. The number of ether oxygens (including phenoxy) is 2. The number of phenols is 1. The van der Waals surface area contributed by atoms with E-state index in [4.69, 9.17) is 14.6 Å². The number of amides is 1. The number of thioether (sulfide) groups is 1. The van der Waals surface area contributed by atoms with Gasteiger partial charge in [-0.2, -0.15) is 4.99 Å². The molecule has 0 bridgehead atoms. The number of hydrogen-bond donors (Lipinski definition) is 2. The first-order chi connectivity index (χ1) is 13.0. The number of piperazine rings is 1. The van der Waals surface area contributed by atoms with Crippen LogP contribution in [0.25, 0.3) is 6.08 Å². The van der Waals surface area contributed by atoms with Crippen LogP contribution in [0.2, 0.25) is 0 Å². The van der Waals surface area contributed by atoms with E-state index < -0.39 is 0 Å². The number of nitrogens with zero attached hydrogens (tertiary/aromatic N) is 3. The van der Waals surface area contributed by atoms with Crippen LogP contribution in [0.1, 0.15) is 5.56 Å². The highest BCUT2D eigenvalue weighted by Crippen LogP contribution is 2.39. The van der Waals surface area contributed by atoms with Gasteiger partial charge in [0.25, 0.3) is 5.91 Å². The van der Waals surface area contributed by atoms with E-state index in [2.05, 4.69) is 14.8 Å². The predicted octanol–water partition coefficient (Wildman–Crippen LogP) is 0.990. The van der Waals surface area contributed by atoms with Crippen LogP contribution in [-0.4, -0.2) is 84.6 Å². The average molecular weight is 393 g/mol. The SMILES string of the molecule is COc1cc(/C=C2/SC(N3CCN(CCO)CC3)=NC2=O)cc(OC)c1O. The van der Waals surface area contributed by atoms with Crippen molar-refractivity contribution in [1.29, 1.82) is 0 Å². The fourth-order valence-corrected chi connectivity index (χ4v) is 3.95. The lowest BCUT2D eigenvalue weighted by molar-refractivity contribution is -0.113. The lowest BCUT2D eigenvalue weighted by atomic mass is 10.1. The molecule has 1 aromatic carbocycles. The number of aliphatic hydroxyl groups excluding tert-OH is 1. The van der Waals surface area contributed by atoms with Gasteiger partial charge in [0.1, 0.15) is 0 Å². The first-order valence-electron chi connectivity index (χ1n) is 8.61. The maximum Gasteiger partial charge on any atom is 0.286 e. The Bertz CT molecular complexity index is 747. The molecule has 2 N–H and O–H groups in total. The van der Waals surface area contributed by atoms with Crippen molar-refractivity contribution in [3.05, 3.63) is 22.6 Å². The van der Waals surface area contributed by atoms with E-state index in [0.29, 0.717) is 22.2 Å². The highest BCUT2D eigenvalue weighted by molar-refractivity contribution is 8.18. The van der Waals surface area contributed by atoms with E-state index in [9.17, 15) is 9.90 Å². The van der Waals surface area contributed by atoms with E-state index in [-0.39, 0.29) is 29.8 Å². The summed E-state index contributed by atoms with van der Waals surface area (Å²) in [6, 6.07) is 3.29. The molecule has 8 nitrogen and oxygen atoms in total. The molecule has 2 heterocycles. The highest BCUT2D eigenvalue weighted by Gasteiger charge is 2.28. The third kappa shape index (κ3) is 4.37. The molecule has 1 fully saturated rings. The zero-order valence-electron chi connectivity index (χ0n) is 15.3. The lowest BCUT2D eigenvalue weighted by Crippen LogP contribution is -2.48. The van der Waals surface area contributed by atoms with Gasteiger partial charge in [0.05, 0.1) is 25.7 Å². The Kier molecular flexibility index (Phi) is 6.25. The summed E-state index contributed by atoms with van der Waals surface area (Å²) in [6.07, 6.45) is 1.72. The second kappa shape index (κ2) is 8.64. The maximum atomic E-state index is 12.3. The smallest absolute Gasteiger partial charge is 0.286 e. The monoisotopic (exact) mass is 393 g/mol. The van der Waals surface area contributed by atoms with Crippen LogP contribution in [0.4, 0.5) is 0 Å². The summed E-state index contributed by atoms with van der Waals surface area (Å²) in [7, 11) is 2.91. The number of aliphatic imine (C=N–C) groups is 1. The van der Waals surface area contributed by atoms with Crippen molar-refractivity contribution in [3.8, 4) is 17.2 Å². The van der Waals surface area contributed by atoms with Crippen molar-refractivity contribution in [2.24, 2.45) is 4.99 Å². The lowest BCUT2D eigenvalue weighted by Gasteiger charge is -2.34. The number of carbonyl (C=O) groups excluding carboxylic acids is 1. The number of rotatable bonds is 5. The molecule has 1 amide bonds. The summed E-state index contributed by atoms with van der Waals surface area (Å²) in [4.78, 5) is 21.3. The van der Waals surface area contributed by atoms with Crippen LogP contribution >= 0.6 is 11.8 Å². The van der Waals surface area contributed by atoms with Crippen molar-refractivity contribution in [2.45, 2.75) is 0 Å². The minimum atomic E-state index is -0.279. The quantitative estimate of drug-likeness (QED) is 0.716. The molecule has 1 aromatic rings. The highest BCUT2D eigenvalue weighted by atomic mass is 32.2. The Labute approximate surface area is 162 Å². The molecule has 0 spiro atoms. The first-order valence-corrected chi connectivity index (χ1v) is 9.43. The maximum absolute atomic E-state index is 12.3. The molecular formula is C18H23N3O5S. The fourth-order valence-electron chi connectivity index (χ4n) is 2.99. The second-order valence-electron chi connectivity index (χ2n) is 6.14. The van der Waals surface area contributed by atoms with Crippen molar-refractivity contribution in [3.63, 3.8) is 0 Å². The van der Waals surface area contributed by atoms with Crippen molar-refractivity contribution in [1.82, 2.24) is 9.80 Å². The van der Waals surface area contributed by atoms with Crippen LogP contribution in [0.5, 0.6) is 17.2 Å². The Balaban J connectivity index is 1.72. The molecule has 0 saturated carbocycles. The van der Waals surface area contributed by atoms with E-state index in [1.54, 1.807) is 18.2 Å². The molecule has 0 unspecified atom stereocenters. The Hall–Kier alpha value is -2.23.